The summed E-state index contributed by atoms with van der Waals surface area (Å²) in [6, 6.07) is 0. The molecule has 0 aromatic rings. The first-order chi connectivity index (χ1) is 5.49. The first kappa shape index (κ1) is 11.3. The van der Waals surface area contributed by atoms with Crippen LogP contribution in [0.1, 0.15) is 40.5 Å². The second-order valence-corrected chi connectivity index (χ2v) is 3.62. The van der Waals surface area contributed by atoms with Gasteiger partial charge in [0.15, 0.2) is 0 Å². The van der Waals surface area contributed by atoms with Crippen LogP contribution >= 0.6 is 0 Å². The Bertz CT molecular complexity index is 185. The van der Waals surface area contributed by atoms with Gasteiger partial charge < -0.3 is 5.73 Å². The van der Waals surface area contributed by atoms with E-state index >= 15 is 0 Å². The summed E-state index contributed by atoms with van der Waals surface area (Å²) in [5, 5.41) is 0. The van der Waals surface area contributed by atoms with E-state index in [2.05, 4.69) is 27.4 Å². The highest BCUT2D eigenvalue weighted by atomic mass is 14.6. The van der Waals surface area contributed by atoms with Crippen LogP contribution in [0, 0.1) is 5.92 Å². The molecule has 0 amide bonds. The Morgan fingerprint density at radius 3 is 2.17 bits per heavy atom. The lowest BCUT2D eigenvalue weighted by molar-refractivity contribution is 0.639. The fourth-order valence-corrected chi connectivity index (χ4v) is 1.66. The summed E-state index contributed by atoms with van der Waals surface area (Å²) in [6.07, 6.45) is 2.11. The molecule has 0 aliphatic carbocycles. The Kier molecular flexibility index (Phi) is 4.72. The maximum absolute atomic E-state index is 5.77. The molecule has 0 saturated heterocycles. The average molecular weight is 167 g/mol. The van der Waals surface area contributed by atoms with Gasteiger partial charge >= 0.3 is 0 Å². The van der Waals surface area contributed by atoms with Crippen LogP contribution in [0.5, 0.6) is 0 Å². The van der Waals surface area contributed by atoms with E-state index in [1.54, 1.807) is 0 Å². The van der Waals surface area contributed by atoms with Gasteiger partial charge in [-0.2, -0.15) is 0 Å². The van der Waals surface area contributed by atoms with E-state index in [0.29, 0.717) is 5.92 Å². The van der Waals surface area contributed by atoms with Gasteiger partial charge in [-0.15, -0.1) is 6.58 Å². The normalized spacial score (nSPS) is 15.3. The van der Waals surface area contributed by atoms with Crippen molar-refractivity contribution in [2.24, 2.45) is 11.7 Å². The minimum absolute atomic E-state index is 0.553. The number of hydrogen-bond donors (Lipinski definition) is 1. The second-order valence-electron chi connectivity index (χ2n) is 3.62. The molecule has 0 aromatic carbocycles. The Labute approximate surface area is 76.3 Å². The molecule has 0 rings (SSSR count). The van der Waals surface area contributed by atoms with Gasteiger partial charge in [-0.1, -0.05) is 19.4 Å². The van der Waals surface area contributed by atoms with Gasteiger partial charge in [-0.25, -0.2) is 0 Å². The summed E-state index contributed by atoms with van der Waals surface area (Å²) < 4.78 is 0. The summed E-state index contributed by atoms with van der Waals surface area (Å²) in [5.74, 6) is 0.553. The topological polar surface area (TPSA) is 26.0 Å². The van der Waals surface area contributed by atoms with Crippen molar-refractivity contribution >= 4 is 0 Å². The van der Waals surface area contributed by atoms with Crippen LogP contribution in [0.4, 0.5) is 0 Å². The summed E-state index contributed by atoms with van der Waals surface area (Å²) in [7, 11) is 0. The monoisotopic (exact) mass is 167 g/mol. The maximum atomic E-state index is 5.77. The van der Waals surface area contributed by atoms with Crippen molar-refractivity contribution in [3.63, 3.8) is 0 Å². The van der Waals surface area contributed by atoms with Crippen LogP contribution < -0.4 is 5.73 Å². The van der Waals surface area contributed by atoms with Crippen molar-refractivity contribution in [2.45, 2.75) is 40.5 Å². The van der Waals surface area contributed by atoms with Gasteiger partial charge in [0.05, 0.1) is 0 Å². The molecule has 1 atom stereocenters. The Morgan fingerprint density at radius 2 is 1.92 bits per heavy atom. The van der Waals surface area contributed by atoms with Crippen molar-refractivity contribution in [1.29, 1.82) is 0 Å². The van der Waals surface area contributed by atoms with E-state index in [1.807, 2.05) is 6.92 Å². The average Bonchev–Trinajstić information content (AvgIpc) is 1.85. The van der Waals surface area contributed by atoms with E-state index in [4.69, 9.17) is 5.73 Å². The molecule has 2 N–H and O–H groups in total. The zero-order valence-corrected chi connectivity index (χ0v) is 8.78. The summed E-state index contributed by atoms with van der Waals surface area (Å²) >= 11 is 0. The smallest absolute Gasteiger partial charge is 0.00435 e. The van der Waals surface area contributed by atoms with Gasteiger partial charge in [0.2, 0.25) is 0 Å². The van der Waals surface area contributed by atoms with Gasteiger partial charge in [-0.3, -0.25) is 0 Å². The molecule has 1 heteroatoms. The maximum Gasteiger partial charge on any atom is 0.00435 e. The Morgan fingerprint density at radius 1 is 1.42 bits per heavy atom. The van der Waals surface area contributed by atoms with Crippen LogP contribution in [-0.2, 0) is 0 Å². The van der Waals surface area contributed by atoms with Gasteiger partial charge in [0, 0.05) is 5.70 Å². The summed E-state index contributed by atoms with van der Waals surface area (Å²) in [4.78, 5) is 0. The Hall–Kier alpha value is -0.720. The van der Waals surface area contributed by atoms with Crippen LogP contribution in [0.15, 0.2) is 23.4 Å². The van der Waals surface area contributed by atoms with E-state index in [1.165, 1.54) is 11.1 Å². The molecule has 0 fully saturated rings. The van der Waals surface area contributed by atoms with Crippen LogP contribution in [0.25, 0.3) is 0 Å². The van der Waals surface area contributed by atoms with Crippen molar-refractivity contribution in [2.75, 3.05) is 0 Å². The van der Waals surface area contributed by atoms with Crippen molar-refractivity contribution in [3.05, 3.63) is 23.4 Å². The Balaban J connectivity index is 4.33. The number of allylic oxidation sites excluding steroid dienone is 3. The minimum Gasteiger partial charge on any atom is -0.402 e. The third-order valence-corrected chi connectivity index (χ3v) is 2.14. The number of hydrogen-bond acceptors (Lipinski definition) is 1. The molecule has 0 bridgehead atoms. The third-order valence-electron chi connectivity index (χ3n) is 2.14. The van der Waals surface area contributed by atoms with E-state index in [-0.39, 0.29) is 0 Å². The minimum atomic E-state index is 0.553. The fraction of sp³-hybridized carbons (Fsp3) is 0.636. The molecule has 1 unspecified atom stereocenters. The highest BCUT2D eigenvalue weighted by Crippen LogP contribution is 2.22. The van der Waals surface area contributed by atoms with Crippen LogP contribution in [0.3, 0.4) is 0 Å². The molecule has 12 heavy (non-hydrogen) atoms. The lowest BCUT2D eigenvalue weighted by atomic mass is 9.91. The molecule has 0 heterocycles. The first-order valence-electron chi connectivity index (χ1n) is 4.58. The van der Waals surface area contributed by atoms with Crippen molar-refractivity contribution in [1.82, 2.24) is 0 Å². The van der Waals surface area contributed by atoms with Gasteiger partial charge in [0.25, 0.3) is 0 Å². The molecule has 0 saturated carbocycles. The number of nitrogens with two attached hydrogens (primary N) is 1. The molecule has 0 spiro atoms. The lowest BCUT2D eigenvalue weighted by Crippen LogP contribution is -2.06. The molecule has 0 aliphatic heterocycles. The molecule has 0 radical (unpaired) electrons. The largest absolute Gasteiger partial charge is 0.402 e. The molecule has 0 aromatic heterocycles. The van der Waals surface area contributed by atoms with Crippen molar-refractivity contribution < 1.29 is 0 Å². The van der Waals surface area contributed by atoms with Crippen LogP contribution in [-0.4, -0.2) is 0 Å². The van der Waals surface area contributed by atoms with E-state index in [9.17, 15) is 0 Å². The highest BCUT2D eigenvalue weighted by molar-refractivity contribution is 5.13. The predicted molar refractivity (Wildman–Crippen MR) is 55.8 cm³/mol. The molecular formula is C11H21N. The fourth-order valence-electron chi connectivity index (χ4n) is 1.66. The predicted octanol–water partition coefficient (Wildman–Crippen LogP) is 3.23. The highest BCUT2D eigenvalue weighted by Gasteiger charge is 2.08. The lowest BCUT2D eigenvalue weighted by Gasteiger charge is -2.16. The number of rotatable bonds is 4. The van der Waals surface area contributed by atoms with E-state index < -0.39 is 0 Å². The summed E-state index contributed by atoms with van der Waals surface area (Å²) in [6.45, 7) is 12.3. The second kappa shape index (κ2) is 5.02. The van der Waals surface area contributed by atoms with Gasteiger partial charge in [0.1, 0.15) is 0 Å². The molecule has 1 nitrogen and oxygen atoms in total. The molecular weight excluding hydrogens is 146 g/mol. The molecule has 70 valence electrons. The van der Waals surface area contributed by atoms with E-state index in [0.717, 1.165) is 18.5 Å². The van der Waals surface area contributed by atoms with Crippen LogP contribution in [0.2, 0.25) is 0 Å². The van der Waals surface area contributed by atoms with Gasteiger partial charge in [-0.05, 0) is 38.2 Å². The first-order valence-corrected chi connectivity index (χ1v) is 4.58. The molecule has 0 aliphatic rings. The zero-order valence-electron chi connectivity index (χ0n) is 8.78. The standard InChI is InChI=1S/C11H21N/c1-6-11(10(5)12)9(4)7-8(2)3/h9H,2,6-7,12H2,1,3-5H3/b11-10-. The quantitative estimate of drug-likeness (QED) is 0.639. The third kappa shape index (κ3) is 3.61. The zero-order chi connectivity index (χ0) is 9.72. The SMILES string of the molecule is C=C(C)CC(C)/C(CC)=C(/C)N. The van der Waals surface area contributed by atoms with Crippen molar-refractivity contribution in [3.8, 4) is 0 Å². The summed E-state index contributed by atoms with van der Waals surface area (Å²) in [5.41, 5.74) is 9.36.